The van der Waals surface area contributed by atoms with Crippen molar-refractivity contribution in [3.05, 3.63) is 0 Å². The standard InChI is InChI=1S/C7H13NO3/c9-4-2-1-3-6(10)7(11)5(4)8-3/h3-11H,1-2H2/t3-,4-,5+,6-,7+/m1/s1. The molecule has 2 aliphatic rings. The predicted octanol–water partition coefficient (Wildman–Crippen LogP) is -1.80. The fourth-order valence-electron chi connectivity index (χ4n) is 2.02. The van der Waals surface area contributed by atoms with Gasteiger partial charge in [-0.15, -0.1) is 0 Å². The lowest BCUT2D eigenvalue weighted by molar-refractivity contribution is 0.0112. The number of aliphatic hydroxyl groups excluding tert-OH is 3. The monoisotopic (exact) mass is 159 g/mol. The molecule has 0 radical (unpaired) electrons. The Labute approximate surface area is 64.8 Å². The fraction of sp³-hybridized carbons (Fsp3) is 1.00. The highest BCUT2D eigenvalue weighted by Crippen LogP contribution is 2.27. The molecular weight excluding hydrogens is 146 g/mol. The van der Waals surface area contributed by atoms with Crippen LogP contribution in [-0.2, 0) is 0 Å². The maximum Gasteiger partial charge on any atom is 0.0992 e. The molecule has 2 rings (SSSR count). The Morgan fingerprint density at radius 3 is 2.36 bits per heavy atom. The highest BCUT2D eigenvalue weighted by atomic mass is 16.3. The van der Waals surface area contributed by atoms with E-state index in [1.807, 2.05) is 0 Å². The number of piperidine rings is 1. The van der Waals surface area contributed by atoms with Gasteiger partial charge in [-0.3, -0.25) is 0 Å². The van der Waals surface area contributed by atoms with Gasteiger partial charge in [0.2, 0.25) is 0 Å². The average molecular weight is 159 g/mol. The Kier molecular flexibility index (Phi) is 1.64. The summed E-state index contributed by atoms with van der Waals surface area (Å²) < 4.78 is 0. The summed E-state index contributed by atoms with van der Waals surface area (Å²) in [6, 6.07) is -0.331. The molecule has 2 fully saturated rings. The Hall–Kier alpha value is -0.160. The van der Waals surface area contributed by atoms with Crippen LogP contribution >= 0.6 is 0 Å². The van der Waals surface area contributed by atoms with Crippen molar-refractivity contribution in [3.63, 3.8) is 0 Å². The number of hydrogen-bond acceptors (Lipinski definition) is 4. The van der Waals surface area contributed by atoms with E-state index in [2.05, 4.69) is 5.32 Å². The zero-order chi connectivity index (χ0) is 8.01. The normalized spacial score (nSPS) is 56.5. The van der Waals surface area contributed by atoms with Crippen molar-refractivity contribution in [3.8, 4) is 0 Å². The number of rotatable bonds is 0. The van der Waals surface area contributed by atoms with E-state index in [4.69, 9.17) is 0 Å². The Bertz CT molecular complexity index is 164. The van der Waals surface area contributed by atoms with Crippen LogP contribution in [0.5, 0.6) is 0 Å². The van der Waals surface area contributed by atoms with E-state index in [0.29, 0.717) is 6.42 Å². The topological polar surface area (TPSA) is 72.7 Å². The molecule has 0 aliphatic carbocycles. The summed E-state index contributed by atoms with van der Waals surface area (Å²) in [5.74, 6) is 0. The molecule has 0 unspecified atom stereocenters. The first-order valence-corrected chi connectivity index (χ1v) is 4.00. The van der Waals surface area contributed by atoms with Crippen LogP contribution in [0.4, 0.5) is 0 Å². The van der Waals surface area contributed by atoms with Gasteiger partial charge < -0.3 is 20.6 Å². The van der Waals surface area contributed by atoms with Crippen LogP contribution in [0.15, 0.2) is 0 Å². The zero-order valence-corrected chi connectivity index (χ0v) is 6.14. The molecule has 11 heavy (non-hydrogen) atoms. The second-order valence-corrected chi connectivity index (χ2v) is 3.42. The number of fused-ring (bicyclic) bond motifs is 2. The summed E-state index contributed by atoms with van der Waals surface area (Å²) in [7, 11) is 0. The SMILES string of the molecule is O[C@@H]1[C@H](O)[C@H]2CC[C@@H](O)[C@@H]1N2. The minimum atomic E-state index is -0.794. The zero-order valence-electron chi connectivity index (χ0n) is 6.14. The summed E-state index contributed by atoms with van der Waals surface area (Å²) in [4.78, 5) is 0. The second kappa shape index (κ2) is 2.42. The van der Waals surface area contributed by atoms with E-state index >= 15 is 0 Å². The third-order valence-electron chi connectivity index (χ3n) is 2.72. The quantitative estimate of drug-likeness (QED) is 0.336. The average Bonchev–Trinajstić information content (AvgIpc) is 2.24. The lowest BCUT2D eigenvalue weighted by Crippen LogP contribution is -2.47. The predicted molar refractivity (Wildman–Crippen MR) is 38.0 cm³/mol. The molecule has 5 atom stereocenters. The van der Waals surface area contributed by atoms with Gasteiger partial charge >= 0.3 is 0 Å². The van der Waals surface area contributed by atoms with Crippen molar-refractivity contribution in [1.82, 2.24) is 5.32 Å². The van der Waals surface area contributed by atoms with Crippen molar-refractivity contribution in [2.24, 2.45) is 0 Å². The lowest BCUT2D eigenvalue weighted by Gasteiger charge is -2.26. The Morgan fingerprint density at radius 1 is 1.00 bits per heavy atom. The molecule has 0 spiro atoms. The minimum absolute atomic E-state index is 0.0154. The second-order valence-electron chi connectivity index (χ2n) is 3.42. The van der Waals surface area contributed by atoms with Gasteiger partial charge in [0, 0.05) is 6.04 Å². The van der Waals surface area contributed by atoms with Crippen LogP contribution in [0.25, 0.3) is 0 Å². The molecule has 4 nitrogen and oxygen atoms in total. The molecule has 64 valence electrons. The van der Waals surface area contributed by atoms with E-state index in [9.17, 15) is 15.3 Å². The minimum Gasteiger partial charge on any atom is -0.391 e. The first-order chi connectivity index (χ1) is 5.20. The molecule has 2 heterocycles. The molecule has 2 aliphatic heterocycles. The molecule has 0 aromatic rings. The number of nitrogens with one attached hydrogen (secondary N) is 1. The van der Waals surface area contributed by atoms with Gasteiger partial charge in [-0.25, -0.2) is 0 Å². The molecule has 4 N–H and O–H groups in total. The van der Waals surface area contributed by atoms with Crippen LogP contribution < -0.4 is 5.32 Å². The third kappa shape index (κ3) is 0.980. The van der Waals surface area contributed by atoms with Crippen LogP contribution in [0.2, 0.25) is 0 Å². The van der Waals surface area contributed by atoms with E-state index in [1.165, 1.54) is 0 Å². The van der Waals surface area contributed by atoms with Gasteiger partial charge in [-0.2, -0.15) is 0 Å². The molecular formula is C7H13NO3. The van der Waals surface area contributed by atoms with Crippen molar-refractivity contribution in [1.29, 1.82) is 0 Å². The van der Waals surface area contributed by atoms with Gasteiger partial charge in [0.25, 0.3) is 0 Å². The molecule has 0 aromatic heterocycles. The number of hydrogen-bond donors (Lipinski definition) is 4. The molecule has 2 bridgehead atoms. The van der Waals surface area contributed by atoms with Crippen LogP contribution in [0, 0.1) is 0 Å². The molecule has 0 amide bonds. The first kappa shape index (κ1) is 7.49. The van der Waals surface area contributed by atoms with Gasteiger partial charge in [-0.1, -0.05) is 0 Å². The maximum atomic E-state index is 9.37. The fourth-order valence-corrected chi connectivity index (χ4v) is 2.02. The van der Waals surface area contributed by atoms with Crippen LogP contribution in [0.3, 0.4) is 0 Å². The van der Waals surface area contributed by atoms with Crippen molar-refractivity contribution in [2.75, 3.05) is 0 Å². The smallest absolute Gasteiger partial charge is 0.0992 e. The summed E-state index contributed by atoms with van der Waals surface area (Å²) in [6.45, 7) is 0. The van der Waals surface area contributed by atoms with Crippen molar-refractivity contribution >= 4 is 0 Å². The molecule has 4 heteroatoms. The lowest BCUT2D eigenvalue weighted by atomic mass is 10.0. The largest absolute Gasteiger partial charge is 0.391 e. The summed E-state index contributed by atoms with van der Waals surface area (Å²) in [6.07, 6.45) is -0.570. The molecule has 2 saturated heterocycles. The Balaban J connectivity index is 2.16. The van der Waals surface area contributed by atoms with Gasteiger partial charge in [0.1, 0.15) is 0 Å². The Morgan fingerprint density at radius 2 is 1.73 bits per heavy atom. The summed E-state index contributed by atoms with van der Waals surface area (Å²) in [5.41, 5.74) is 0. The van der Waals surface area contributed by atoms with E-state index in [-0.39, 0.29) is 12.1 Å². The van der Waals surface area contributed by atoms with Crippen molar-refractivity contribution < 1.29 is 15.3 Å². The first-order valence-electron chi connectivity index (χ1n) is 4.00. The summed E-state index contributed by atoms with van der Waals surface area (Å²) in [5, 5.41) is 31.1. The highest BCUT2D eigenvalue weighted by molar-refractivity contribution is 5.04. The van der Waals surface area contributed by atoms with E-state index in [1.54, 1.807) is 0 Å². The summed E-state index contributed by atoms with van der Waals surface area (Å²) >= 11 is 0. The van der Waals surface area contributed by atoms with Gasteiger partial charge in [0.15, 0.2) is 0 Å². The van der Waals surface area contributed by atoms with E-state index < -0.39 is 18.3 Å². The van der Waals surface area contributed by atoms with Crippen LogP contribution in [-0.4, -0.2) is 45.7 Å². The van der Waals surface area contributed by atoms with Gasteiger partial charge in [0.05, 0.1) is 24.4 Å². The maximum absolute atomic E-state index is 9.37. The van der Waals surface area contributed by atoms with Crippen molar-refractivity contribution in [2.45, 2.75) is 43.2 Å². The van der Waals surface area contributed by atoms with Gasteiger partial charge in [-0.05, 0) is 12.8 Å². The molecule has 0 aromatic carbocycles. The van der Waals surface area contributed by atoms with Crippen LogP contribution in [0.1, 0.15) is 12.8 Å². The van der Waals surface area contributed by atoms with E-state index in [0.717, 1.165) is 6.42 Å². The highest BCUT2D eigenvalue weighted by Gasteiger charge is 2.47. The third-order valence-corrected chi connectivity index (χ3v) is 2.72. The molecule has 0 saturated carbocycles. The number of aliphatic hydroxyl groups is 3.